The Bertz CT molecular complexity index is 916. The van der Waals surface area contributed by atoms with Crippen molar-refractivity contribution in [1.82, 2.24) is 19.2 Å². The van der Waals surface area contributed by atoms with Gasteiger partial charge >= 0.3 is 0 Å². The molecule has 122 valence electrons. The minimum absolute atomic E-state index is 0.0586. The molecule has 1 unspecified atom stereocenters. The second-order valence-electron chi connectivity index (χ2n) is 5.94. The Morgan fingerprint density at radius 3 is 2.87 bits per heavy atom. The van der Waals surface area contributed by atoms with Crippen LogP contribution in [0.25, 0.3) is 16.7 Å². The summed E-state index contributed by atoms with van der Waals surface area (Å²) in [6.45, 7) is 4.17. The number of aryl methyl sites for hydroxylation is 2. The second-order valence-corrected chi connectivity index (χ2v) is 6.97. The number of benzene rings is 1. The molecule has 0 aliphatic carbocycles. The Labute approximate surface area is 138 Å². The summed E-state index contributed by atoms with van der Waals surface area (Å²) >= 11 is 1.71. The lowest BCUT2D eigenvalue weighted by Gasteiger charge is -2.09. The third-order valence-corrected chi connectivity index (χ3v) is 5.15. The Kier molecular flexibility index (Phi) is 4.41. The normalized spacial score (nSPS) is 13.0. The average molecular weight is 332 g/mol. The molecule has 2 heterocycles. The highest BCUT2D eigenvalue weighted by molar-refractivity contribution is 7.98. The molecule has 0 bridgehead atoms. The Morgan fingerprint density at radius 1 is 1.35 bits per heavy atom. The number of hydrogen-bond acceptors (Lipinski definition) is 5. The van der Waals surface area contributed by atoms with Crippen molar-refractivity contribution in [3.8, 4) is 0 Å². The first-order valence-electron chi connectivity index (χ1n) is 7.55. The summed E-state index contributed by atoms with van der Waals surface area (Å²) in [6, 6.07) is 5.85. The Hall–Kier alpha value is -1.86. The molecule has 0 spiro atoms. The van der Waals surface area contributed by atoms with Crippen molar-refractivity contribution in [3.63, 3.8) is 0 Å². The first-order valence-corrected chi connectivity index (χ1v) is 8.70. The van der Waals surface area contributed by atoms with Crippen molar-refractivity contribution in [3.05, 3.63) is 39.9 Å². The lowest BCUT2D eigenvalue weighted by molar-refractivity contribution is 0.250. The van der Waals surface area contributed by atoms with Gasteiger partial charge in [0.25, 0.3) is 5.56 Å². The third kappa shape index (κ3) is 2.86. The largest absolute Gasteiger partial charge is 0.396 e. The maximum absolute atomic E-state index is 12.5. The van der Waals surface area contributed by atoms with Crippen LogP contribution in [0.3, 0.4) is 0 Å². The topological polar surface area (TPSA) is 72.4 Å². The van der Waals surface area contributed by atoms with Crippen LogP contribution in [0.4, 0.5) is 0 Å². The maximum Gasteiger partial charge on any atom is 0.262 e. The molecule has 1 atom stereocenters. The van der Waals surface area contributed by atoms with Gasteiger partial charge in [0.2, 0.25) is 5.78 Å². The molecule has 0 saturated heterocycles. The fourth-order valence-corrected chi connectivity index (χ4v) is 3.55. The summed E-state index contributed by atoms with van der Waals surface area (Å²) < 4.78 is 3.49. The van der Waals surface area contributed by atoms with E-state index in [-0.39, 0.29) is 18.1 Å². The van der Waals surface area contributed by atoms with Crippen molar-refractivity contribution >= 4 is 28.4 Å². The number of aliphatic hydroxyl groups is 1. The number of fused-ring (bicyclic) bond motifs is 3. The van der Waals surface area contributed by atoms with E-state index in [1.807, 2.05) is 36.4 Å². The van der Waals surface area contributed by atoms with Gasteiger partial charge in [-0.25, -0.2) is 0 Å². The number of aromatic nitrogens is 4. The molecule has 0 radical (unpaired) electrons. The fraction of sp³-hybridized carbons (Fsp3) is 0.438. The van der Waals surface area contributed by atoms with Gasteiger partial charge in [-0.05, 0) is 30.7 Å². The smallest absolute Gasteiger partial charge is 0.262 e. The lowest BCUT2D eigenvalue weighted by Crippen LogP contribution is -2.20. The van der Waals surface area contributed by atoms with E-state index in [0.717, 1.165) is 22.7 Å². The van der Waals surface area contributed by atoms with Crippen LogP contribution in [-0.2, 0) is 12.8 Å². The van der Waals surface area contributed by atoms with Gasteiger partial charge in [-0.15, -0.1) is 10.2 Å². The van der Waals surface area contributed by atoms with Crippen LogP contribution in [0, 0.1) is 12.8 Å². The highest BCUT2D eigenvalue weighted by atomic mass is 32.2. The average Bonchev–Trinajstić information content (AvgIpc) is 2.96. The van der Waals surface area contributed by atoms with Crippen LogP contribution in [0.15, 0.2) is 23.0 Å². The van der Waals surface area contributed by atoms with Gasteiger partial charge in [-0.1, -0.05) is 18.6 Å². The summed E-state index contributed by atoms with van der Waals surface area (Å²) in [5.74, 6) is 3.17. The SMILES string of the molecule is Cc1ccc2c(c1)c(=O)n(C)c1nnc(CSCC(C)CO)n21. The summed E-state index contributed by atoms with van der Waals surface area (Å²) in [7, 11) is 1.72. The van der Waals surface area contributed by atoms with Crippen molar-refractivity contribution in [2.45, 2.75) is 19.6 Å². The molecule has 1 N–H and O–H groups in total. The Morgan fingerprint density at radius 2 is 2.13 bits per heavy atom. The molecule has 3 aromatic rings. The van der Waals surface area contributed by atoms with Crippen LogP contribution in [0.1, 0.15) is 18.3 Å². The van der Waals surface area contributed by atoms with Crippen molar-refractivity contribution in [2.75, 3.05) is 12.4 Å². The van der Waals surface area contributed by atoms with Gasteiger partial charge in [-0.3, -0.25) is 13.8 Å². The molecular weight excluding hydrogens is 312 g/mol. The van der Waals surface area contributed by atoms with Gasteiger partial charge in [0.05, 0.1) is 16.7 Å². The molecule has 2 aromatic heterocycles. The Balaban J connectivity index is 2.11. The molecule has 3 rings (SSSR count). The van der Waals surface area contributed by atoms with E-state index in [2.05, 4.69) is 10.2 Å². The molecule has 0 saturated carbocycles. The molecule has 23 heavy (non-hydrogen) atoms. The minimum Gasteiger partial charge on any atom is -0.396 e. The molecule has 0 aliphatic heterocycles. The molecule has 7 heteroatoms. The van der Waals surface area contributed by atoms with Crippen LogP contribution >= 0.6 is 11.8 Å². The number of aliphatic hydroxyl groups excluding tert-OH is 1. The third-order valence-electron chi connectivity index (χ3n) is 3.89. The van der Waals surface area contributed by atoms with Gasteiger partial charge < -0.3 is 5.11 Å². The summed E-state index contributed by atoms with van der Waals surface area (Å²) in [4.78, 5) is 12.5. The quantitative estimate of drug-likeness (QED) is 0.771. The van der Waals surface area contributed by atoms with Gasteiger partial charge in [-0.2, -0.15) is 11.8 Å². The van der Waals surface area contributed by atoms with E-state index in [1.165, 1.54) is 0 Å². The predicted molar refractivity (Wildman–Crippen MR) is 92.9 cm³/mol. The van der Waals surface area contributed by atoms with E-state index in [1.54, 1.807) is 23.4 Å². The fourth-order valence-electron chi connectivity index (χ4n) is 2.56. The highest BCUT2D eigenvalue weighted by Crippen LogP contribution is 2.19. The van der Waals surface area contributed by atoms with E-state index >= 15 is 0 Å². The minimum atomic E-state index is -0.0586. The predicted octanol–water partition coefficient (Wildman–Crippen LogP) is 1.75. The molecule has 0 fully saturated rings. The van der Waals surface area contributed by atoms with Crippen molar-refractivity contribution in [1.29, 1.82) is 0 Å². The monoisotopic (exact) mass is 332 g/mol. The van der Waals surface area contributed by atoms with Gasteiger partial charge in [0, 0.05) is 13.7 Å². The van der Waals surface area contributed by atoms with E-state index in [4.69, 9.17) is 5.11 Å². The summed E-state index contributed by atoms with van der Waals surface area (Å²) in [5, 5.41) is 18.2. The number of thioether (sulfide) groups is 1. The maximum atomic E-state index is 12.5. The van der Waals surface area contributed by atoms with Crippen LogP contribution < -0.4 is 5.56 Å². The van der Waals surface area contributed by atoms with E-state index in [9.17, 15) is 4.79 Å². The zero-order chi connectivity index (χ0) is 16.6. The zero-order valence-corrected chi connectivity index (χ0v) is 14.3. The summed E-state index contributed by atoms with van der Waals surface area (Å²) in [5.41, 5.74) is 1.83. The van der Waals surface area contributed by atoms with Crippen LogP contribution in [0.5, 0.6) is 0 Å². The van der Waals surface area contributed by atoms with Crippen LogP contribution in [0.2, 0.25) is 0 Å². The molecule has 6 nitrogen and oxygen atoms in total. The molecule has 1 aromatic carbocycles. The zero-order valence-electron chi connectivity index (χ0n) is 13.5. The molecule has 0 aliphatic rings. The van der Waals surface area contributed by atoms with Crippen LogP contribution in [-0.4, -0.2) is 36.6 Å². The van der Waals surface area contributed by atoms with Crippen molar-refractivity contribution < 1.29 is 5.11 Å². The highest BCUT2D eigenvalue weighted by Gasteiger charge is 2.15. The van der Waals surface area contributed by atoms with Gasteiger partial charge in [0.1, 0.15) is 5.82 Å². The first kappa shape index (κ1) is 16.0. The summed E-state index contributed by atoms with van der Waals surface area (Å²) in [6.07, 6.45) is 0. The molecular formula is C16H20N4O2S. The van der Waals surface area contributed by atoms with E-state index < -0.39 is 0 Å². The molecule has 0 amide bonds. The van der Waals surface area contributed by atoms with Crippen molar-refractivity contribution in [2.24, 2.45) is 13.0 Å². The number of nitrogens with zero attached hydrogens (tertiary/aromatic N) is 4. The van der Waals surface area contributed by atoms with E-state index in [0.29, 0.717) is 16.9 Å². The first-order chi connectivity index (χ1) is 11.0. The lowest BCUT2D eigenvalue weighted by atomic mass is 10.1. The number of rotatable bonds is 5. The van der Waals surface area contributed by atoms with Gasteiger partial charge in [0.15, 0.2) is 0 Å². The second kappa shape index (κ2) is 6.33. The standard InChI is InChI=1S/C16H20N4O2S/c1-10-4-5-13-12(6-10)15(22)19(3)16-18-17-14(20(13)16)9-23-8-11(2)7-21/h4-6,11,21H,7-9H2,1-3H3. The number of hydrogen-bond donors (Lipinski definition) is 1.